The number of likely N-dealkylation sites (N-methyl/N-ethyl adjacent to an activating group) is 1. The second-order valence-electron chi connectivity index (χ2n) is 11.1. The monoisotopic (exact) mass is 692 g/mol. The Morgan fingerprint density at radius 1 is 0.958 bits per heavy atom. The van der Waals surface area contributed by atoms with E-state index in [1.807, 2.05) is 48.5 Å². The molecule has 0 saturated carbocycles. The highest BCUT2D eigenvalue weighted by Crippen LogP contribution is 2.13. The van der Waals surface area contributed by atoms with Gasteiger partial charge in [0.2, 0.25) is 11.8 Å². The highest BCUT2D eigenvalue weighted by atomic mass is 35.5. The summed E-state index contributed by atoms with van der Waals surface area (Å²) >= 11 is 0. The van der Waals surface area contributed by atoms with Crippen molar-refractivity contribution >= 4 is 29.9 Å². The van der Waals surface area contributed by atoms with E-state index in [0.717, 1.165) is 21.5 Å². The SMILES string of the molecule is CN(C(=O)OCc1ccccc1)[C@@H](CCC[NH2+]O)C(=O)N[C@@H](CCCNC(=O)OCc1ccccc1)C(=O)N[C@H]1CCCN(O)C1=O.[Cl-]. The second-order valence-corrected chi connectivity index (χ2v) is 11.1. The number of hydrogen-bond acceptors (Lipinski definition) is 9. The van der Waals surface area contributed by atoms with Crippen molar-refractivity contribution in [3.63, 3.8) is 0 Å². The fraction of sp³-hybridized carbons (Fsp3) is 0.469. The lowest BCUT2D eigenvalue weighted by Crippen LogP contribution is -3.00. The molecule has 1 aliphatic rings. The maximum Gasteiger partial charge on any atom is 0.410 e. The Morgan fingerprint density at radius 2 is 1.58 bits per heavy atom. The summed E-state index contributed by atoms with van der Waals surface area (Å²) in [5.41, 5.74) is 2.54. The summed E-state index contributed by atoms with van der Waals surface area (Å²) in [6.45, 7) is 0.625. The number of alkyl carbamates (subject to hydrolysis) is 1. The molecule has 2 aromatic rings. The summed E-state index contributed by atoms with van der Waals surface area (Å²) in [5, 5.41) is 27.5. The van der Waals surface area contributed by atoms with Gasteiger partial charge >= 0.3 is 12.2 Å². The van der Waals surface area contributed by atoms with Gasteiger partial charge in [-0.2, -0.15) is 0 Å². The molecule has 48 heavy (non-hydrogen) atoms. The van der Waals surface area contributed by atoms with Gasteiger partial charge in [0, 0.05) is 26.6 Å². The first kappa shape index (κ1) is 39.7. The molecule has 5 amide bonds. The molecule has 15 nitrogen and oxygen atoms in total. The zero-order valence-electron chi connectivity index (χ0n) is 26.9. The van der Waals surface area contributed by atoms with E-state index in [4.69, 9.17) is 14.7 Å². The molecule has 1 saturated heterocycles. The number of ether oxygens (including phenoxy) is 2. The Hall–Kier alpha value is -4.44. The summed E-state index contributed by atoms with van der Waals surface area (Å²) in [6.07, 6.45) is 0.223. The first-order valence-electron chi connectivity index (χ1n) is 15.6. The Bertz CT molecular complexity index is 1310. The molecule has 0 spiro atoms. The van der Waals surface area contributed by atoms with Crippen LogP contribution in [0.5, 0.6) is 0 Å². The third-order valence-corrected chi connectivity index (χ3v) is 7.59. The van der Waals surface area contributed by atoms with Gasteiger partial charge in [0.25, 0.3) is 5.91 Å². The van der Waals surface area contributed by atoms with Crippen molar-refractivity contribution in [2.75, 3.05) is 26.7 Å². The second kappa shape index (κ2) is 21.4. The summed E-state index contributed by atoms with van der Waals surface area (Å²) in [4.78, 5) is 65.7. The molecule has 1 fully saturated rings. The quantitative estimate of drug-likeness (QED) is 0.0619. The van der Waals surface area contributed by atoms with E-state index < -0.39 is 48.0 Å². The van der Waals surface area contributed by atoms with Gasteiger partial charge < -0.3 is 37.8 Å². The van der Waals surface area contributed by atoms with Crippen molar-refractivity contribution in [1.29, 1.82) is 0 Å². The number of hydrogen-bond donors (Lipinski definition) is 6. The number of amides is 5. The van der Waals surface area contributed by atoms with Crippen molar-refractivity contribution < 1.29 is 61.7 Å². The van der Waals surface area contributed by atoms with Crippen LogP contribution in [0.4, 0.5) is 9.59 Å². The molecule has 3 rings (SSSR count). The minimum Gasteiger partial charge on any atom is -1.00 e. The normalized spacial score (nSPS) is 15.3. The molecular formula is C32H45ClN6O9. The summed E-state index contributed by atoms with van der Waals surface area (Å²) < 4.78 is 10.6. The highest BCUT2D eigenvalue weighted by molar-refractivity contribution is 5.93. The molecule has 1 aliphatic heterocycles. The van der Waals surface area contributed by atoms with Crippen LogP contribution >= 0.6 is 0 Å². The van der Waals surface area contributed by atoms with E-state index in [2.05, 4.69) is 16.0 Å². The molecule has 0 unspecified atom stereocenters. The van der Waals surface area contributed by atoms with Gasteiger partial charge in [-0.1, -0.05) is 60.7 Å². The number of carbonyl (C=O) groups excluding carboxylic acids is 5. The highest BCUT2D eigenvalue weighted by Gasteiger charge is 2.34. The Labute approximate surface area is 285 Å². The van der Waals surface area contributed by atoms with Gasteiger partial charge in [-0.3, -0.25) is 24.5 Å². The van der Waals surface area contributed by atoms with Gasteiger partial charge in [-0.15, -0.1) is 0 Å². The van der Waals surface area contributed by atoms with Gasteiger partial charge in [0.05, 0.1) is 0 Å². The summed E-state index contributed by atoms with van der Waals surface area (Å²) in [7, 11) is 1.41. The molecule has 16 heteroatoms. The smallest absolute Gasteiger partial charge is 0.410 e. The van der Waals surface area contributed by atoms with Crippen LogP contribution in [0.1, 0.15) is 49.7 Å². The predicted molar refractivity (Wildman–Crippen MR) is 166 cm³/mol. The van der Waals surface area contributed by atoms with E-state index in [-0.39, 0.29) is 64.5 Å². The van der Waals surface area contributed by atoms with Crippen LogP contribution < -0.4 is 33.8 Å². The number of quaternary nitrogens is 1. The van der Waals surface area contributed by atoms with Crippen LogP contribution in [0.15, 0.2) is 60.7 Å². The zero-order valence-corrected chi connectivity index (χ0v) is 27.6. The van der Waals surface area contributed by atoms with Gasteiger partial charge in [0.15, 0.2) is 0 Å². The molecule has 0 aromatic heterocycles. The Morgan fingerprint density at radius 3 is 2.21 bits per heavy atom. The molecule has 1 heterocycles. The minimum atomic E-state index is -1.15. The van der Waals surface area contributed by atoms with E-state index in [9.17, 15) is 29.2 Å². The van der Waals surface area contributed by atoms with Crippen LogP contribution in [0.2, 0.25) is 0 Å². The molecule has 2 aromatic carbocycles. The van der Waals surface area contributed by atoms with Crippen molar-refractivity contribution in [3.05, 3.63) is 71.8 Å². The van der Waals surface area contributed by atoms with Crippen LogP contribution in [0.25, 0.3) is 0 Å². The van der Waals surface area contributed by atoms with E-state index >= 15 is 0 Å². The Kier molecular flexibility index (Phi) is 17.7. The Balaban J connectivity index is 0.00000800. The van der Waals surface area contributed by atoms with Crippen molar-refractivity contribution in [1.82, 2.24) is 25.9 Å². The molecule has 0 radical (unpaired) electrons. The van der Waals surface area contributed by atoms with Crippen molar-refractivity contribution in [2.24, 2.45) is 0 Å². The fourth-order valence-electron chi connectivity index (χ4n) is 4.92. The molecule has 0 aliphatic carbocycles. The molecule has 3 atom stereocenters. The number of nitrogens with two attached hydrogens (primary N) is 1. The predicted octanol–water partition coefficient (Wildman–Crippen LogP) is -1.95. The van der Waals surface area contributed by atoms with Crippen molar-refractivity contribution in [2.45, 2.75) is 69.9 Å². The van der Waals surface area contributed by atoms with Crippen LogP contribution in [0, 0.1) is 0 Å². The fourth-order valence-corrected chi connectivity index (χ4v) is 4.92. The number of halogens is 1. The van der Waals surface area contributed by atoms with E-state index in [1.165, 1.54) is 7.05 Å². The largest absolute Gasteiger partial charge is 1.00 e. The van der Waals surface area contributed by atoms with E-state index in [1.54, 1.807) is 12.1 Å². The topological polar surface area (TPSA) is 203 Å². The number of hydroxylamine groups is 3. The van der Waals surface area contributed by atoms with E-state index in [0.29, 0.717) is 24.3 Å². The van der Waals surface area contributed by atoms with Crippen LogP contribution in [-0.2, 0) is 37.1 Å². The van der Waals surface area contributed by atoms with Crippen LogP contribution in [0.3, 0.4) is 0 Å². The number of piperidine rings is 1. The standard InChI is InChI=1S/C32H44N6O9.ClH/c1-37(32(43)47-22-24-13-6-3-7-14-24)27(17-9-19-34-44)29(40)35-25(28(39)36-26-16-10-20-38(45)30(26)41)15-8-18-33-31(42)46-21-23-11-4-2-5-12-23;/h2-7,11-14,25-27,34,44-45H,8-10,15-22H2,1H3,(H,33,42)(H,35,40)(H,36,39);1H/t25-,26-,27-;/m0./s1. The van der Waals surface area contributed by atoms with Gasteiger partial charge in [-0.25, -0.2) is 25.3 Å². The molecule has 0 bridgehead atoms. The third kappa shape index (κ3) is 13.4. The number of nitrogens with one attached hydrogen (secondary N) is 3. The third-order valence-electron chi connectivity index (χ3n) is 7.59. The van der Waals surface area contributed by atoms with Crippen molar-refractivity contribution in [3.8, 4) is 0 Å². The molecule has 7 N–H and O–H groups in total. The minimum absolute atomic E-state index is 0. The number of rotatable bonds is 17. The number of benzene rings is 2. The first-order valence-corrected chi connectivity index (χ1v) is 15.6. The lowest BCUT2D eigenvalue weighted by molar-refractivity contribution is -0.886. The average molecular weight is 693 g/mol. The molecular weight excluding hydrogens is 648 g/mol. The average Bonchev–Trinajstić information content (AvgIpc) is 3.08. The van der Waals surface area contributed by atoms with Gasteiger partial charge in [-0.05, 0) is 43.2 Å². The maximum absolute atomic E-state index is 13.6. The first-order chi connectivity index (χ1) is 22.7. The maximum atomic E-state index is 13.6. The van der Waals surface area contributed by atoms with Crippen LogP contribution in [-0.4, -0.2) is 95.1 Å². The number of nitrogens with zero attached hydrogens (tertiary/aromatic N) is 2. The summed E-state index contributed by atoms with van der Waals surface area (Å²) in [6, 6.07) is 15.0. The zero-order chi connectivity index (χ0) is 34.0. The van der Waals surface area contributed by atoms with Gasteiger partial charge in [0.1, 0.15) is 37.9 Å². The summed E-state index contributed by atoms with van der Waals surface area (Å²) in [5.74, 6) is -1.96. The molecule has 264 valence electrons. The lowest BCUT2D eigenvalue weighted by atomic mass is 10.0. The lowest BCUT2D eigenvalue weighted by Gasteiger charge is -2.31. The number of carbonyl (C=O) groups is 5.